The van der Waals surface area contributed by atoms with Gasteiger partial charge in [0.1, 0.15) is 11.5 Å². The van der Waals surface area contributed by atoms with Crippen molar-refractivity contribution in [2.45, 2.75) is 0 Å². The second-order valence-corrected chi connectivity index (χ2v) is 4.72. The van der Waals surface area contributed by atoms with Crippen LogP contribution in [0.3, 0.4) is 0 Å². The first-order valence-corrected chi connectivity index (χ1v) is 6.11. The van der Waals surface area contributed by atoms with Crippen LogP contribution < -0.4 is 4.74 Å². The number of rotatable bonds is 3. The fourth-order valence-corrected chi connectivity index (χ4v) is 1.89. The number of nitro groups is 1. The highest BCUT2D eigenvalue weighted by Gasteiger charge is 2.10. The van der Waals surface area contributed by atoms with Gasteiger partial charge < -0.3 is 4.74 Å². The van der Waals surface area contributed by atoms with Gasteiger partial charge in [-0.05, 0) is 46.3 Å². The second kappa shape index (κ2) is 5.37. The van der Waals surface area contributed by atoms with E-state index in [9.17, 15) is 10.1 Å². The number of benzene rings is 2. The molecule has 0 unspecified atom stereocenters. The van der Waals surface area contributed by atoms with Gasteiger partial charge >= 0.3 is 0 Å². The van der Waals surface area contributed by atoms with Gasteiger partial charge in [0.25, 0.3) is 5.69 Å². The SMILES string of the molecule is O=[N+]([O-])c1ccc(Oc2ccc(Cl)cc2)c(Br)c1. The van der Waals surface area contributed by atoms with Crippen molar-refractivity contribution >= 4 is 33.2 Å². The maximum absolute atomic E-state index is 10.6. The molecule has 0 saturated heterocycles. The molecule has 2 aromatic carbocycles. The molecule has 0 fully saturated rings. The summed E-state index contributed by atoms with van der Waals surface area (Å²) in [5.74, 6) is 1.11. The Morgan fingerprint density at radius 3 is 2.39 bits per heavy atom. The summed E-state index contributed by atoms with van der Waals surface area (Å²) in [6.45, 7) is 0. The third kappa shape index (κ3) is 3.00. The summed E-state index contributed by atoms with van der Waals surface area (Å²) in [6, 6.07) is 11.2. The number of hydrogen-bond acceptors (Lipinski definition) is 3. The molecule has 0 N–H and O–H groups in total. The van der Waals surface area contributed by atoms with Gasteiger partial charge in [0.05, 0.1) is 9.40 Å². The van der Waals surface area contributed by atoms with Crippen LogP contribution in [0.25, 0.3) is 0 Å². The topological polar surface area (TPSA) is 52.4 Å². The predicted molar refractivity (Wildman–Crippen MR) is 72.3 cm³/mol. The molecule has 0 aliphatic rings. The van der Waals surface area contributed by atoms with Crippen molar-refractivity contribution in [2.24, 2.45) is 0 Å². The second-order valence-electron chi connectivity index (χ2n) is 3.43. The fourth-order valence-electron chi connectivity index (χ4n) is 1.32. The van der Waals surface area contributed by atoms with Crippen LogP contribution in [0.2, 0.25) is 5.02 Å². The van der Waals surface area contributed by atoms with E-state index in [1.165, 1.54) is 18.2 Å². The maximum Gasteiger partial charge on any atom is 0.270 e. The Balaban J connectivity index is 2.24. The van der Waals surface area contributed by atoms with Gasteiger partial charge in [0, 0.05) is 17.2 Å². The molecule has 0 amide bonds. The van der Waals surface area contributed by atoms with Gasteiger partial charge in [0.2, 0.25) is 0 Å². The van der Waals surface area contributed by atoms with Crippen molar-refractivity contribution < 1.29 is 9.66 Å². The summed E-state index contributed by atoms with van der Waals surface area (Å²) >= 11 is 8.99. The van der Waals surface area contributed by atoms with Crippen LogP contribution >= 0.6 is 27.5 Å². The Labute approximate surface area is 116 Å². The lowest BCUT2D eigenvalue weighted by Crippen LogP contribution is -1.90. The third-order valence-electron chi connectivity index (χ3n) is 2.17. The summed E-state index contributed by atoms with van der Waals surface area (Å²) in [6.07, 6.45) is 0. The molecule has 2 rings (SSSR count). The van der Waals surface area contributed by atoms with Crippen molar-refractivity contribution in [3.8, 4) is 11.5 Å². The quantitative estimate of drug-likeness (QED) is 0.600. The third-order valence-corrected chi connectivity index (χ3v) is 3.04. The molecular weight excluding hydrogens is 321 g/mol. The highest BCUT2D eigenvalue weighted by atomic mass is 79.9. The molecule has 0 aromatic heterocycles. The van der Waals surface area contributed by atoms with E-state index in [-0.39, 0.29) is 5.69 Å². The largest absolute Gasteiger partial charge is 0.456 e. The van der Waals surface area contributed by atoms with Gasteiger partial charge in [-0.15, -0.1) is 0 Å². The van der Waals surface area contributed by atoms with Gasteiger partial charge in [-0.2, -0.15) is 0 Å². The molecule has 0 atom stereocenters. The van der Waals surface area contributed by atoms with E-state index in [1.807, 2.05) is 0 Å². The Morgan fingerprint density at radius 1 is 1.17 bits per heavy atom. The van der Waals surface area contributed by atoms with Crippen LogP contribution in [0, 0.1) is 10.1 Å². The molecule has 0 saturated carbocycles. The Hall–Kier alpha value is -1.59. The minimum atomic E-state index is -0.461. The van der Waals surface area contributed by atoms with Crippen LogP contribution in [0.15, 0.2) is 46.9 Å². The van der Waals surface area contributed by atoms with Crippen molar-refractivity contribution in [1.29, 1.82) is 0 Å². The van der Waals surface area contributed by atoms with E-state index < -0.39 is 4.92 Å². The van der Waals surface area contributed by atoms with Crippen molar-refractivity contribution in [3.05, 3.63) is 62.1 Å². The number of hydrogen-bond donors (Lipinski definition) is 0. The lowest BCUT2D eigenvalue weighted by Gasteiger charge is -2.07. The molecule has 0 radical (unpaired) electrons. The zero-order chi connectivity index (χ0) is 13.1. The van der Waals surface area contributed by atoms with Gasteiger partial charge in [-0.25, -0.2) is 0 Å². The number of non-ortho nitro benzene ring substituents is 1. The minimum Gasteiger partial charge on any atom is -0.456 e. The first-order chi connectivity index (χ1) is 8.56. The van der Waals surface area contributed by atoms with Crippen molar-refractivity contribution in [1.82, 2.24) is 0 Å². The van der Waals surface area contributed by atoms with Gasteiger partial charge in [-0.3, -0.25) is 10.1 Å². The summed E-state index contributed by atoms with van der Waals surface area (Å²) in [4.78, 5) is 10.1. The van der Waals surface area contributed by atoms with E-state index in [4.69, 9.17) is 16.3 Å². The molecule has 0 bridgehead atoms. The van der Waals surface area contributed by atoms with E-state index in [1.54, 1.807) is 24.3 Å². The molecule has 92 valence electrons. The van der Waals surface area contributed by atoms with Crippen LogP contribution in [0.5, 0.6) is 11.5 Å². The molecule has 2 aromatic rings. The zero-order valence-corrected chi connectivity index (χ0v) is 11.3. The first-order valence-electron chi connectivity index (χ1n) is 4.93. The highest BCUT2D eigenvalue weighted by Crippen LogP contribution is 2.32. The lowest BCUT2D eigenvalue weighted by atomic mass is 10.3. The summed E-state index contributed by atoms with van der Waals surface area (Å²) in [5, 5.41) is 11.2. The minimum absolute atomic E-state index is 0.00494. The average Bonchev–Trinajstić information content (AvgIpc) is 2.34. The molecule has 0 aliphatic carbocycles. The van der Waals surface area contributed by atoms with Crippen LogP contribution in [-0.2, 0) is 0 Å². The summed E-state index contributed by atoms with van der Waals surface area (Å²) in [5.41, 5.74) is 0.00494. The summed E-state index contributed by atoms with van der Waals surface area (Å²) in [7, 11) is 0. The van der Waals surface area contributed by atoms with E-state index in [0.717, 1.165) is 0 Å². The average molecular weight is 329 g/mol. The van der Waals surface area contributed by atoms with Crippen LogP contribution in [0.4, 0.5) is 5.69 Å². The maximum atomic E-state index is 10.6. The smallest absolute Gasteiger partial charge is 0.270 e. The van der Waals surface area contributed by atoms with E-state index in [2.05, 4.69) is 15.9 Å². The number of nitro benzene ring substituents is 1. The zero-order valence-electron chi connectivity index (χ0n) is 8.97. The molecule has 6 heteroatoms. The lowest BCUT2D eigenvalue weighted by molar-refractivity contribution is -0.384. The molecule has 0 spiro atoms. The molecule has 0 heterocycles. The Kier molecular flexibility index (Phi) is 3.84. The predicted octanol–water partition coefficient (Wildman–Crippen LogP) is 4.80. The molecule has 0 aliphatic heterocycles. The van der Waals surface area contributed by atoms with Crippen LogP contribution in [0.1, 0.15) is 0 Å². The highest BCUT2D eigenvalue weighted by molar-refractivity contribution is 9.10. The molecule has 4 nitrogen and oxygen atoms in total. The first kappa shape index (κ1) is 12.9. The molecular formula is C12H7BrClNO3. The normalized spacial score (nSPS) is 10.1. The van der Waals surface area contributed by atoms with Gasteiger partial charge in [0.15, 0.2) is 0 Å². The Bertz CT molecular complexity index is 586. The van der Waals surface area contributed by atoms with E-state index >= 15 is 0 Å². The monoisotopic (exact) mass is 327 g/mol. The van der Waals surface area contributed by atoms with Crippen molar-refractivity contribution in [3.63, 3.8) is 0 Å². The van der Waals surface area contributed by atoms with Gasteiger partial charge in [-0.1, -0.05) is 11.6 Å². The number of nitrogens with zero attached hydrogens (tertiary/aromatic N) is 1. The van der Waals surface area contributed by atoms with Crippen molar-refractivity contribution in [2.75, 3.05) is 0 Å². The number of ether oxygens (including phenoxy) is 1. The number of halogens is 2. The molecule has 18 heavy (non-hydrogen) atoms. The standard InChI is InChI=1S/C12H7BrClNO3/c13-11-7-9(15(16)17)3-6-12(11)18-10-4-1-8(14)2-5-10/h1-7H. The fraction of sp³-hybridized carbons (Fsp3) is 0. The van der Waals surface area contributed by atoms with Crippen LogP contribution in [-0.4, -0.2) is 4.92 Å². The Morgan fingerprint density at radius 2 is 1.83 bits per heavy atom. The van der Waals surface area contributed by atoms with E-state index in [0.29, 0.717) is 21.0 Å². The summed E-state index contributed by atoms with van der Waals surface area (Å²) < 4.78 is 6.09.